The van der Waals surface area contributed by atoms with E-state index in [-0.39, 0.29) is 16.6 Å². The summed E-state index contributed by atoms with van der Waals surface area (Å²) >= 11 is 13.1. The van der Waals surface area contributed by atoms with Crippen molar-refractivity contribution in [1.29, 1.82) is 0 Å². The summed E-state index contributed by atoms with van der Waals surface area (Å²) in [7, 11) is 0. The lowest BCUT2D eigenvalue weighted by atomic mass is 9.95. The maximum Gasteiger partial charge on any atom is 0.270 e. The molecule has 2 aromatic heterocycles. The van der Waals surface area contributed by atoms with Crippen LogP contribution in [-0.2, 0) is 22.4 Å². The van der Waals surface area contributed by atoms with E-state index in [4.69, 9.17) is 23.8 Å². The van der Waals surface area contributed by atoms with Crippen LogP contribution in [0.5, 0.6) is 0 Å². The van der Waals surface area contributed by atoms with E-state index < -0.39 is 11.8 Å². The third kappa shape index (κ3) is 5.44. The van der Waals surface area contributed by atoms with Crippen LogP contribution >= 0.6 is 35.2 Å². The molecule has 0 bridgehead atoms. The number of aromatic nitrogens is 1. The number of nitrogens with zero attached hydrogens (tertiary/aromatic N) is 2. The molecule has 0 unspecified atom stereocenters. The molecule has 0 atom stereocenters. The smallest absolute Gasteiger partial charge is 0.270 e. The summed E-state index contributed by atoms with van der Waals surface area (Å²) in [5, 5.41) is 7.02. The minimum Gasteiger partial charge on any atom is -0.322 e. The average molecular weight is 629 g/mol. The van der Waals surface area contributed by atoms with Gasteiger partial charge in [-0.3, -0.25) is 24.6 Å². The predicted molar refractivity (Wildman–Crippen MR) is 177 cm³/mol. The highest BCUT2D eigenvalue weighted by Gasteiger charge is 2.35. The van der Waals surface area contributed by atoms with Gasteiger partial charge in [0.2, 0.25) is 0 Å². The SMILES string of the molecule is Cc1ccc(NC(=O)c2c(-n3c(C)cc(/C=C4\C(=O)NC(=S)N(c5cccc(Cl)c5)C4=O)c3C)sc3c2CCCC3)cc1. The largest absolute Gasteiger partial charge is 0.322 e. The number of fused-ring (bicyclic) bond motifs is 1. The van der Waals surface area contributed by atoms with E-state index in [2.05, 4.69) is 15.2 Å². The van der Waals surface area contributed by atoms with Gasteiger partial charge in [-0.25, -0.2) is 0 Å². The van der Waals surface area contributed by atoms with Crippen molar-refractivity contribution in [2.24, 2.45) is 0 Å². The van der Waals surface area contributed by atoms with Crippen molar-refractivity contribution in [2.75, 3.05) is 10.2 Å². The van der Waals surface area contributed by atoms with Crippen LogP contribution in [0.25, 0.3) is 11.1 Å². The molecule has 10 heteroatoms. The van der Waals surface area contributed by atoms with E-state index in [1.807, 2.05) is 51.1 Å². The fraction of sp³-hybridized carbons (Fsp3) is 0.212. The molecule has 218 valence electrons. The normalized spacial score (nSPS) is 16.0. The van der Waals surface area contributed by atoms with Crippen molar-refractivity contribution in [2.45, 2.75) is 46.5 Å². The summed E-state index contributed by atoms with van der Waals surface area (Å²) in [6.45, 7) is 5.91. The molecule has 1 saturated heterocycles. The number of thiocarbonyl (C=S) groups is 1. The molecule has 0 radical (unpaired) electrons. The average Bonchev–Trinajstić information content (AvgIpc) is 3.47. The van der Waals surface area contributed by atoms with Gasteiger partial charge in [-0.15, -0.1) is 11.3 Å². The lowest BCUT2D eigenvalue weighted by Gasteiger charge is -2.29. The van der Waals surface area contributed by atoms with Gasteiger partial charge in [0.25, 0.3) is 17.7 Å². The molecule has 4 aromatic rings. The zero-order valence-electron chi connectivity index (χ0n) is 23.9. The second kappa shape index (κ2) is 11.6. The van der Waals surface area contributed by atoms with Gasteiger partial charge in [0.15, 0.2) is 5.11 Å². The Morgan fingerprint density at radius 3 is 2.53 bits per heavy atom. The second-order valence-corrected chi connectivity index (χ2v) is 12.7. The Kier molecular flexibility index (Phi) is 7.81. The number of benzene rings is 2. The summed E-state index contributed by atoms with van der Waals surface area (Å²) in [5.74, 6) is -1.24. The Labute approximate surface area is 264 Å². The van der Waals surface area contributed by atoms with Gasteiger partial charge in [0, 0.05) is 27.0 Å². The highest BCUT2D eigenvalue weighted by atomic mass is 35.5. The molecule has 6 rings (SSSR count). The lowest BCUT2D eigenvalue weighted by Crippen LogP contribution is -2.54. The molecule has 0 spiro atoms. The van der Waals surface area contributed by atoms with Crippen molar-refractivity contribution >= 4 is 75.4 Å². The zero-order chi connectivity index (χ0) is 30.4. The first-order chi connectivity index (χ1) is 20.6. The number of nitrogens with one attached hydrogen (secondary N) is 2. The summed E-state index contributed by atoms with van der Waals surface area (Å²) in [6, 6.07) is 16.4. The van der Waals surface area contributed by atoms with Gasteiger partial charge >= 0.3 is 0 Å². The first-order valence-corrected chi connectivity index (χ1v) is 15.6. The number of aryl methyl sites for hydroxylation is 3. The quantitative estimate of drug-likeness (QED) is 0.141. The number of anilines is 2. The van der Waals surface area contributed by atoms with E-state index in [0.717, 1.165) is 58.9 Å². The van der Waals surface area contributed by atoms with Crippen LogP contribution in [-0.4, -0.2) is 27.4 Å². The molecular formula is C33H29ClN4O3S2. The molecule has 3 heterocycles. The molecular weight excluding hydrogens is 600 g/mol. The second-order valence-electron chi connectivity index (χ2n) is 10.8. The standard InChI is InChI=1S/C33H29ClN4O3S2/c1-18-11-13-23(14-12-18)35-30(40)28-25-9-4-5-10-27(25)43-32(28)37-19(2)15-21(20(37)3)16-26-29(39)36-33(42)38(31(26)41)24-8-6-7-22(34)17-24/h6-8,11-17H,4-5,9-10H2,1-3H3,(H,35,40)(H,36,39,42)/b26-16+. The minimum absolute atomic E-state index is 0.00622. The number of carbonyl (C=O) groups excluding carboxylic acids is 3. The zero-order valence-corrected chi connectivity index (χ0v) is 26.3. The molecule has 2 aromatic carbocycles. The summed E-state index contributed by atoms with van der Waals surface area (Å²) in [4.78, 5) is 43.0. The van der Waals surface area contributed by atoms with Crippen LogP contribution in [0.15, 0.2) is 60.2 Å². The van der Waals surface area contributed by atoms with Crippen LogP contribution in [0, 0.1) is 20.8 Å². The number of halogens is 1. The summed E-state index contributed by atoms with van der Waals surface area (Å²) in [5.41, 5.74) is 6.48. The first-order valence-electron chi connectivity index (χ1n) is 14.0. The van der Waals surface area contributed by atoms with Crippen molar-refractivity contribution in [1.82, 2.24) is 9.88 Å². The monoisotopic (exact) mass is 628 g/mol. The molecule has 7 nitrogen and oxygen atoms in total. The Morgan fingerprint density at radius 1 is 1.05 bits per heavy atom. The number of rotatable bonds is 5. The summed E-state index contributed by atoms with van der Waals surface area (Å²) < 4.78 is 2.06. The molecule has 1 aliphatic heterocycles. The van der Waals surface area contributed by atoms with E-state index in [1.54, 1.807) is 41.7 Å². The number of amides is 3. The molecule has 1 fully saturated rings. The van der Waals surface area contributed by atoms with Crippen LogP contribution in [0.1, 0.15) is 56.2 Å². The highest BCUT2D eigenvalue weighted by Crippen LogP contribution is 2.39. The third-order valence-electron chi connectivity index (χ3n) is 7.83. The van der Waals surface area contributed by atoms with Crippen molar-refractivity contribution < 1.29 is 14.4 Å². The van der Waals surface area contributed by atoms with Gasteiger partial charge in [0.1, 0.15) is 10.6 Å². The van der Waals surface area contributed by atoms with Gasteiger partial charge in [0.05, 0.1) is 11.3 Å². The van der Waals surface area contributed by atoms with E-state index >= 15 is 0 Å². The predicted octanol–water partition coefficient (Wildman–Crippen LogP) is 7.08. The van der Waals surface area contributed by atoms with E-state index in [9.17, 15) is 14.4 Å². The summed E-state index contributed by atoms with van der Waals surface area (Å²) in [6.07, 6.45) is 5.52. The van der Waals surface area contributed by atoms with Crippen molar-refractivity contribution in [3.05, 3.63) is 104 Å². The Bertz CT molecular complexity index is 1850. The molecule has 1 aliphatic carbocycles. The van der Waals surface area contributed by atoms with Gasteiger partial charge < -0.3 is 9.88 Å². The molecule has 2 N–H and O–H groups in total. The molecule has 3 amide bonds. The van der Waals surface area contributed by atoms with Crippen molar-refractivity contribution in [3.8, 4) is 5.00 Å². The first kappa shape index (κ1) is 29.0. The highest BCUT2D eigenvalue weighted by molar-refractivity contribution is 7.80. The van der Waals surface area contributed by atoms with E-state index in [0.29, 0.717) is 21.8 Å². The van der Waals surface area contributed by atoms with Gasteiger partial charge in [-0.2, -0.15) is 0 Å². The van der Waals surface area contributed by atoms with Crippen LogP contribution < -0.4 is 15.5 Å². The Hall–Kier alpha value is -4.05. The Balaban J connectivity index is 1.41. The molecule has 0 saturated carbocycles. The lowest BCUT2D eigenvalue weighted by molar-refractivity contribution is -0.122. The fourth-order valence-corrected chi connectivity index (χ4v) is 7.65. The molecule has 43 heavy (non-hydrogen) atoms. The van der Waals surface area contributed by atoms with Crippen molar-refractivity contribution in [3.63, 3.8) is 0 Å². The van der Waals surface area contributed by atoms with Crippen LogP contribution in [0.3, 0.4) is 0 Å². The topological polar surface area (TPSA) is 83.4 Å². The number of hydrogen-bond donors (Lipinski definition) is 2. The fourth-order valence-electron chi connectivity index (χ4n) is 5.68. The maximum absolute atomic E-state index is 13.8. The maximum atomic E-state index is 13.8. The number of hydrogen-bond acceptors (Lipinski definition) is 5. The van der Waals surface area contributed by atoms with Crippen LogP contribution in [0.2, 0.25) is 5.02 Å². The number of carbonyl (C=O) groups is 3. The third-order valence-corrected chi connectivity index (χ3v) is 9.63. The van der Waals surface area contributed by atoms with Gasteiger partial charge in [-0.05, 0) is 112 Å². The van der Waals surface area contributed by atoms with Gasteiger partial charge in [-0.1, -0.05) is 35.4 Å². The Morgan fingerprint density at radius 2 is 1.79 bits per heavy atom. The number of thiophene rings is 1. The van der Waals surface area contributed by atoms with Crippen LogP contribution in [0.4, 0.5) is 11.4 Å². The van der Waals surface area contributed by atoms with E-state index in [1.165, 1.54) is 9.78 Å². The minimum atomic E-state index is -0.567. The molecule has 2 aliphatic rings.